The van der Waals surface area contributed by atoms with Crippen LogP contribution in [0.15, 0.2) is 24.4 Å². The van der Waals surface area contributed by atoms with E-state index in [1.807, 2.05) is 24.5 Å². The Balaban J connectivity index is 2.15. The van der Waals surface area contributed by atoms with E-state index in [0.29, 0.717) is 19.4 Å². The van der Waals surface area contributed by atoms with Gasteiger partial charge in [-0.25, -0.2) is 0 Å². The average molecular weight is 310 g/mol. The monoisotopic (exact) mass is 310 g/mol. The molecule has 0 fully saturated rings. The summed E-state index contributed by atoms with van der Waals surface area (Å²) in [5.41, 5.74) is 6.62. The number of carbonyl (C=O) groups is 2. The quantitative estimate of drug-likeness (QED) is 0.593. The zero-order valence-corrected chi connectivity index (χ0v) is 13.0. The van der Waals surface area contributed by atoms with Gasteiger partial charge >= 0.3 is 0 Å². The Kier molecular flexibility index (Phi) is 8.45. The molecule has 1 aromatic heterocycles. The number of rotatable bonds is 9. The molecule has 1 atom stereocenters. The first kappa shape index (κ1) is 17.5. The largest absolute Gasteiger partial charge is 0.354 e. The summed E-state index contributed by atoms with van der Waals surface area (Å²) in [5.74, 6) is 0.311. The van der Waals surface area contributed by atoms with Gasteiger partial charge in [-0.05, 0) is 30.6 Å². The van der Waals surface area contributed by atoms with Gasteiger partial charge in [-0.3, -0.25) is 14.6 Å². The first-order valence-corrected chi connectivity index (χ1v) is 8.21. The summed E-state index contributed by atoms with van der Waals surface area (Å²) in [6.07, 6.45) is 4.94. The van der Waals surface area contributed by atoms with Gasteiger partial charge in [0.25, 0.3) is 0 Å². The summed E-state index contributed by atoms with van der Waals surface area (Å²) in [6.45, 7) is 0.443. The van der Waals surface area contributed by atoms with E-state index in [-0.39, 0.29) is 18.4 Å². The van der Waals surface area contributed by atoms with E-state index in [9.17, 15) is 9.59 Å². The SMILES string of the molecule is CSCC[C@H](N)C(=O)NCC(=O)NCCc1ccccn1. The number of hydrogen-bond donors (Lipinski definition) is 3. The standard InChI is InChI=1S/C14H22N4O2S/c1-21-9-6-12(15)14(20)18-10-13(19)17-8-5-11-4-2-3-7-16-11/h2-4,7,12H,5-6,8-10,15H2,1H3,(H,17,19)(H,18,20)/t12-/m0/s1. The third-order valence-corrected chi connectivity index (χ3v) is 3.47. The lowest BCUT2D eigenvalue weighted by Gasteiger charge is -2.11. The lowest BCUT2D eigenvalue weighted by Crippen LogP contribution is -2.45. The molecule has 0 aliphatic heterocycles. The van der Waals surface area contributed by atoms with Crippen LogP contribution in [0.3, 0.4) is 0 Å². The first-order valence-electron chi connectivity index (χ1n) is 6.82. The van der Waals surface area contributed by atoms with Crippen LogP contribution >= 0.6 is 11.8 Å². The first-order chi connectivity index (χ1) is 10.1. The van der Waals surface area contributed by atoms with Crippen LogP contribution < -0.4 is 16.4 Å². The van der Waals surface area contributed by atoms with Crippen LogP contribution in [0.5, 0.6) is 0 Å². The molecule has 0 unspecified atom stereocenters. The van der Waals surface area contributed by atoms with Gasteiger partial charge < -0.3 is 16.4 Å². The maximum Gasteiger partial charge on any atom is 0.239 e. The lowest BCUT2D eigenvalue weighted by molar-refractivity contribution is -0.126. The van der Waals surface area contributed by atoms with E-state index >= 15 is 0 Å². The van der Waals surface area contributed by atoms with E-state index < -0.39 is 6.04 Å². The number of pyridine rings is 1. The minimum absolute atomic E-state index is 0.0476. The molecule has 0 aliphatic rings. The van der Waals surface area contributed by atoms with Gasteiger partial charge in [-0.1, -0.05) is 6.07 Å². The van der Waals surface area contributed by atoms with Crippen LogP contribution in [0.2, 0.25) is 0 Å². The summed E-state index contributed by atoms with van der Waals surface area (Å²) in [7, 11) is 0. The van der Waals surface area contributed by atoms with Gasteiger partial charge in [0.15, 0.2) is 0 Å². The molecule has 0 saturated carbocycles. The van der Waals surface area contributed by atoms with Crippen molar-refractivity contribution in [2.45, 2.75) is 18.9 Å². The lowest BCUT2D eigenvalue weighted by atomic mass is 10.2. The Bertz CT molecular complexity index is 442. The van der Waals surface area contributed by atoms with Crippen molar-refractivity contribution >= 4 is 23.6 Å². The van der Waals surface area contributed by atoms with E-state index in [4.69, 9.17) is 5.73 Å². The number of nitrogens with zero attached hydrogens (tertiary/aromatic N) is 1. The van der Waals surface area contributed by atoms with Gasteiger partial charge in [-0.2, -0.15) is 11.8 Å². The predicted octanol–water partition coefficient (Wildman–Crippen LogP) is -0.0631. The van der Waals surface area contributed by atoms with Crippen LogP contribution in [0.4, 0.5) is 0 Å². The topological polar surface area (TPSA) is 97.1 Å². The van der Waals surface area contributed by atoms with Crippen molar-refractivity contribution in [1.82, 2.24) is 15.6 Å². The molecule has 116 valence electrons. The molecular weight excluding hydrogens is 288 g/mol. The summed E-state index contributed by atoms with van der Waals surface area (Å²) in [6, 6.07) is 5.09. The van der Waals surface area contributed by atoms with Gasteiger partial charge in [0, 0.05) is 24.9 Å². The van der Waals surface area contributed by atoms with Crippen molar-refractivity contribution in [3.05, 3.63) is 30.1 Å². The molecule has 7 heteroatoms. The molecule has 0 radical (unpaired) electrons. The average Bonchev–Trinajstić information content (AvgIpc) is 2.51. The summed E-state index contributed by atoms with van der Waals surface area (Å²) in [5, 5.41) is 5.27. The molecule has 0 spiro atoms. The van der Waals surface area contributed by atoms with Crippen molar-refractivity contribution in [3.8, 4) is 0 Å². The molecule has 2 amide bonds. The van der Waals surface area contributed by atoms with Crippen LogP contribution in [0.1, 0.15) is 12.1 Å². The van der Waals surface area contributed by atoms with Gasteiger partial charge in [-0.15, -0.1) is 0 Å². The van der Waals surface area contributed by atoms with Crippen LogP contribution in [-0.2, 0) is 16.0 Å². The van der Waals surface area contributed by atoms with E-state index in [2.05, 4.69) is 15.6 Å². The van der Waals surface area contributed by atoms with Crippen molar-refractivity contribution in [2.75, 3.05) is 25.1 Å². The molecule has 1 rings (SSSR count). The van der Waals surface area contributed by atoms with Crippen molar-refractivity contribution in [3.63, 3.8) is 0 Å². The Hall–Kier alpha value is -1.60. The minimum Gasteiger partial charge on any atom is -0.354 e. The fourth-order valence-electron chi connectivity index (χ4n) is 1.61. The van der Waals surface area contributed by atoms with E-state index in [1.54, 1.807) is 18.0 Å². The Morgan fingerprint density at radius 1 is 1.38 bits per heavy atom. The molecule has 0 aromatic carbocycles. The Morgan fingerprint density at radius 3 is 2.86 bits per heavy atom. The van der Waals surface area contributed by atoms with Crippen molar-refractivity contribution in [1.29, 1.82) is 0 Å². The second-order valence-corrected chi connectivity index (χ2v) is 5.51. The number of nitrogens with one attached hydrogen (secondary N) is 2. The second-order valence-electron chi connectivity index (χ2n) is 4.53. The molecule has 1 aromatic rings. The number of carbonyl (C=O) groups excluding carboxylic acids is 2. The second kappa shape index (κ2) is 10.2. The molecule has 6 nitrogen and oxygen atoms in total. The summed E-state index contributed by atoms with van der Waals surface area (Å²) in [4.78, 5) is 27.4. The third-order valence-electron chi connectivity index (χ3n) is 2.82. The molecule has 0 aliphatic carbocycles. The van der Waals surface area contributed by atoms with Gasteiger partial charge in [0.2, 0.25) is 11.8 Å². The third kappa shape index (κ3) is 7.67. The smallest absolute Gasteiger partial charge is 0.239 e. The molecule has 4 N–H and O–H groups in total. The van der Waals surface area contributed by atoms with Gasteiger partial charge in [0.1, 0.15) is 0 Å². The number of hydrogen-bond acceptors (Lipinski definition) is 5. The molecule has 0 saturated heterocycles. The van der Waals surface area contributed by atoms with Crippen LogP contribution in [0, 0.1) is 0 Å². The highest BCUT2D eigenvalue weighted by atomic mass is 32.2. The zero-order valence-electron chi connectivity index (χ0n) is 12.2. The minimum atomic E-state index is -0.557. The number of thioether (sulfide) groups is 1. The number of aromatic nitrogens is 1. The molecule has 21 heavy (non-hydrogen) atoms. The van der Waals surface area contributed by atoms with Crippen LogP contribution in [0.25, 0.3) is 0 Å². The Morgan fingerprint density at radius 2 is 2.19 bits per heavy atom. The predicted molar refractivity (Wildman–Crippen MR) is 84.9 cm³/mol. The fourth-order valence-corrected chi connectivity index (χ4v) is 2.10. The van der Waals surface area contributed by atoms with E-state index in [0.717, 1.165) is 11.4 Å². The summed E-state index contributed by atoms with van der Waals surface area (Å²) < 4.78 is 0. The Labute approximate surface area is 129 Å². The van der Waals surface area contributed by atoms with Crippen molar-refractivity contribution < 1.29 is 9.59 Å². The highest BCUT2D eigenvalue weighted by molar-refractivity contribution is 7.98. The molecule has 0 bridgehead atoms. The number of nitrogens with two attached hydrogens (primary N) is 1. The van der Waals surface area contributed by atoms with Crippen molar-refractivity contribution in [2.24, 2.45) is 5.73 Å². The highest BCUT2D eigenvalue weighted by Gasteiger charge is 2.13. The summed E-state index contributed by atoms with van der Waals surface area (Å²) >= 11 is 1.64. The fraction of sp³-hybridized carbons (Fsp3) is 0.500. The number of amides is 2. The maximum atomic E-state index is 11.6. The molecule has 1 heterocycles. The highest BCUT2D eigenvalue weighted by Crippen LogP contribution is 1.98. The zero-order chi connectivity index (χ0) is 15.5. The van der Waals surface area contributed by atoms with Gasteiger partial charge in [0.05, 0.1) is 12.6 Å². The maximum absolute atomic E-state index is 11.6. The van der Waals surface area contributed by atoms with Crippen LogP contribution in [-0.4, -0.2) is 47.9 Å². The van der Waals surface area contributed by atoms with E-state index in [1.165, 1.54) is 0 Å². The molecular formula is C14H22N4O2S. The normalized spacial score (nSPS) is 11.7.